The Balaban J connectivity index is 2.07. The van der Waals surface area contributed by atoms with Gasteiger partial charge in [0.2, 0.25) is 0 Å². The summed E-state index contributed by atoms with van der Waals surface area (Å²) in [4.78, 5) is 26.4. The summed E-state index contributed by atoms with van der Waals surface area (Å²) in [6.07, 6.45) is 1.77. The molecule has 0 atom stereocenters. The third-order valence-corrected chi connectivity index (χ3v) is 2.94. The summed E-state index contributed by atoms with van der Waals surface area (Å²) in [6, 6.07) is 7.51. The van der Waals surface area contributed by atoms with Gasteiger partial charge in [0.1, 0.15) is 12.1 Å². The maximum absolute atomic E-state index is 12.8. The molecule has 0 aliphatic rings. The average molecular weight is 272 g/mol. The van der Waals surface area contributed by atoms with E-state index in [2.05, 4.69) is 4.98 Å². The molecule has 0 aliphatic heterocycles. The van der Waals surface area contributed by atoms with Crippen molar-refractivity contribution in [3.63, 3.8) is 0 Å². The number of aromatic nitrogens is 2. The molecule has 0 saturated carbocycles. The third kappa shape index (κ3) is 2.11. The van der Waals surface area contributed by atoms with E-state index >= 15 is 0 Å². The zero-order chi connectivity index (χ0) is 14.1. The van der Waals surface area contributed by atoms with Crippen LogP contribution in [0.3, 0.4) is 0 Å². The van der Waals surface area contributed by atoms with Crippen molar-refractivity contribution in [3.05, 3.63) is 64.2 Å². The largest absolute Gasteiger partial charge is 0.420 e. The fourth-order valence-corrected chi connectivity index (χ4v) is 1.97. The first-order valence-corrected chi connectivity index (χ1v) is 5.86. The molecule has 0 saturated heterocycles. The van der Waals surface area contributed by atoms with E-state index in [9.17, 15) is 14.0 Å². The van der Waals surface area contributed by atoms with Crippen LogP contribution in [0.5, 0.6) is 0 Å². The van der Waals surface area contributed by atoms with E-state index in [0.29, 0.717) is 28.6 Å². The van der Waals surface area contributed by atoms with Crippen molar-refractivity contribution < 1.29 is 13.6 Å². The van der Waals surface area contributed by atoms with Gasteiger partial charge in [0.05, 0.1) is 24.0 Å². The van der Waals surface area contributed by atoms with Crippen molar-refractivity contribution in [3.8, 4) is 0 Å². The standard InChI is InChI=1S/C14H9FN2O3/c15-10-2-3-11(16-6-10)7-17-12-4-1-9(8-18)5-13(12)20-14(17)19/h1-6,8H,7H2. The van der Waals surface area contributed by atoms with Gasteiger partial charge < -0.3 is 4.42 Å². The van der Waals surface area contributed by atoms with Crippen molar-refractivity contribution in [1.82, 2.24) is 9.55 Å². The van der Waals surface area contributed by atoms with Crippen molar-refractivity contribution in [1.29, 1.82) is 0 Å². The summed E-state index contributed by atoms with van der Waals surface area (Å²) in [6.45, 7) is 0.173. The fourth-order valence-electron chi connectivity index (χ4n) is 1.97. The van der Waals surface area contributed by atoms with Crippen LogP contribution in [-0.2, 0) is 6.54 Å². The van der Waals surface area contributed by atoms with Crippen LogP contribution in [0.1, 0.15) is 16.1 Å². The fraction of sp³-hybridized carbons (Fsp3) is 0.0714. The van der Waals surface area contributed by atoms with Gasteiger partial charge in [0, 0.05) is 5.56 Å². The number of carbonyl (C=O) groups excluding carboxylic acids is 1. The Morgan fingerprint density at radius 1 is 1.30 bits per heavy atom. The first-order valence-electron chi connectivity index (χ1n) is 5.86. The number of benzene rings is 1. The van der Waals surface area contributed by atoms with Gasteiger partial charge in [-0.1, -0.05) is 0 Å². The van der Waals surface area contributed by atoms with Gasteiger partial charge in [-0.15, -0.1) is 0 Å². The number of halogens is 1. The molecule has 0 N–H and O–H groups in total. The molecular formula is C14H9FN2O3. The minimum atomic E-state index is -0.547. The first kappa shape index (κ1) is 12.3. The number of aldehydes is 1. The Hall–Kier alpha value is -2.76. The Labute approximate surface area is 112 Å². The summed E-state index contributed by atoms with van der Waals surface area (Å²) in [7, 11) is 0. The van der Waals surface area contributed by atoms with Gasteiger partial charge >= 0.3 is 5.76 Å². The predicted octanol–water partition coefficient (Wildman–Crippen LogP) is 1.99. The van der Waals surface area contributed by atoms with Crippen molar-refractivity contribution in [2.24, 2.45) is 0 Å². The van der Waals surface area contributed by atoms with E-state index in [1.165, 1.54) is 22.8 Å². The van der Waals surface area contributed by atoms with Crippen LogP contribution >= 0.6 is 0 Å². The van der Waals surface area contributed by atoms with Crippen LogP contribution in [0.15, 0.2) is 45.7 Å². The topological polar surface area (TPSA) is 65.1 Å². The minimum absolute atomic E-state index is 0.173. The average Bonchev–Trinajstić information content (AvgIpc) is 2.76. The van der Waals surface area contributed by atoms with Gasteiger partial charge in [-0.05, 0) is 30.3 Å². The van der Waals surface area contributed by atoms with Crippen LogP contribution in [0.2, 0.25) is 0 Å². The quantitative estimate of drug-likeness (QED) is 0.684. The Morgan fingerprint density at radius 3 is 2.85 bits per heavy atom. The minimum Gasteiger partial charge on any atom is -0.408 e. The zero-order valence-electron chi connectivity index (χ0n) is 10.2. The Morgan fingerprint density at radius 2 is 2.15 bits per heavy atom. The molecule has 2 aromatic heterocycles. The second-order valence-corrected chi connectivity index (χ2v) is 4.27. The normalized spacial score (nSPS) is 10.8. The van der Waals surface area contributed by atoms with Crippen LogP contribution in [0, 0.1) is 5.82 Å². The molecule has 0 aliphatic carbocycles. The molecule has 3 rings (SSSR count). The van der Waals surface area contributed by atoms with Crippen molar-refractivity contribution in [2.75, 3.05) is 0 Å². The third-order valence-electron chi connectivity index (χ3n) is 2.94. The highest BCUT2D eigenvalue weighted by Gasteiger charge is 2.10. The summed E-state index contributed by atoms with van der Waals surface area (Å²) in [5.41, 5.74) is 1.86. The van der Waals surface area contributed by atoms with E-state index in [0.717, 1.165) is 6.20 Å². The van der Waals surface area contributed by atoms with Gasteiger partial charge in [-0.2, -0.15) is 0 Å². The molecule has 0 amide bonds. The van der Waals surface area contributed by atoms with Gasteiger partial charge in [-0.3, -0.25) is 14.3 Å². The van der Waals surface area contributed by atoms with Crippen LogP contribution < -0.4 is 5.76 Å². The summed E-state index contributed by atoms with van der Waals surface area (Å²) < 4.78 is 19.3. The number of nitrogens with zero attached hydrogens (tertiary/aromatic N) is 2. The van der Waals surface area contributed by atoms with Gasteiger partial charge in [0.15, 0.2) is 5.58 Å². The number of rotatable bonds is 3. The van der Waals surface area contributed by atoms with E-state index in [-0.39, 0.29) is 6.54 Å². The molecule has 5 nitrogen and oxygen atoms in total. The number of hydrogen-bond acceptors (Lipinski definition) is 4. The van der Waals surface area contributed by atoms with Crippen LogP contribution in [0.25, 0.3) is 11.1 Å². The Kier molecular flexibility index (Phi) is 2.90. The maximum atomic E-state index is 12.8. The lowest BCUT2D eigenvalue weighted by Gasteiger charge is -2.01. The number of oxazole rings is 1. The van der Waals surface area contributed by atoms with E-state index in [1.807, 2.05) is 0 Å². The number of fused-ring (bicyclic) bond motifs is 1. The van der Waals surface area contributed by atoms with Gasteiger partial charge in [0.25, 0.3) is 0 Å². The first-order chi connectivity index (χ1) is 9.67. The molecule has 1 aromatic carbocycles. The number of carbonyl (C=O) groups is 1. The molecule has 20 heavy (non-hydrogen) atoms. The SMILES string of the molecule is O=Cc1ccc2c(c1)oc(=O)n2Cc1ccc(F)cn1. The molecule has 100 valence electrons. The highest BCUT2D eigenvalue weighted by Crippen LogP contribution is 2.15. The van der Waals surface area contributed by atoms with E-state index < -0.39 is 11.6 Å². The smallest absolute Gasteiger partial charge is 0.408 e. The van der Waals surface area contributed by atoms with E-state index in [4.69, 9.17) is 4.42 Å². The number of pyridine rings is 1. The second-order valence-electron chi connectivity index (χ2n) is 4.27. The van der Waals surface area contributed by atoms with Crippen LogP contribution in [-0.4, -0.2) is 15.8 Å². The lowest BCUT2D eigenvalue weighted by Crippen LogP contribution is -2.15. The maximum Gasteiger partial charge on any atom is 0.420 e. The van der Waals surface area contributed by atoms with Crippen LogP contribution in [0.4, 0.5) is 4.39 Å². The van der Waals surface area contributed by atoms with E-state index in [1.54, 1.807) is 12.1 Å². The molecule has 0 radical (unpaired) electrons. The molecule has 0 spiro atoms. The second kappa shape index (κ2) is 4.73. The summed E-state index contributed by atoms with van der Waals surface area (Å²) in [5, 5.41) is 0. The molecular weight excluding hydrogens is 263 g/mol. The van der Waals surface area contributed by atoms with Crippen molar-refractivity contribution in [2.45, 2.75) is 6.54 Å². The number of hydrogen-bond donors (Lipinski definition) is 0. The predicted molar refractivity (Wildman–Crippen MR) is 69.2 cm³/mol. The van der Waals surface area contributed by atoms with Gasteiger partial charge in [-0.25, -0.2) is 9.18 Å². The highest BCUT2D eigenvalue weighted by atomic mass is 19.1. The summed E-state index contributed by atoms with van der Waals surface area (Å²) >= 11 is 0. The van der Waals surface area contributed by atoms with Crippen molar-refractivity contribution >= 4 is 17.4 Å². The lowest BCUT2D eigenvalue weighted by atomic mass is 10.2. The Bertz CT molecular complexity index is 834. The zero-order valence-corrected chi connectivity index (χ0v) is 10.2. The molecule has 0 unspecified atom stereocenters. The molecule has 6 heteroatoms. The molecule has 2 heterocycles. The lowest BCUT2D eigenvalue weighted by molar-refractivity contribution is 0.112. The summed E-state index contributed by atoms with van der Waals surface area (Å²) in [5.74, 6) is -0.983. The molecule has 3 aromatic rings. The molecule has 0 bridgehead atoms. The highest BCUT2D eigenvalue weighted by molar-refractivity contribution is 5.83. The monoisotopic (exact) mass is 272 g/mol. The molecule has 0 fully saturated rings.